The third-order valence-electron chi connectivity index (χ3n) is 10.6. The molecule has 2 aromatic carbocycles. The van der Waals surface area contributed by atoms with Crippen molar-refractivity contribution in [2.45, 2.75) is 83.1 Å². The van der Waals surface area contributed by atoms with Gasteiger partial charge in [-0.1, -0.05) is 0 Å². The number of fused-ring (bicyclic) bond motifs is 6. The molecule has 4 atom stereocenters. The number of hydrogen-bond donors (Lipinski definition) is 2. The largest absolute Gasteiger partial charge is 0.465 e. The summed E-state index contributed by atoms with van der Waals surface area (Å²) in [5.41, 5.74) is -0.464. The first-order valence-corrected chi connectivity index (χ1v) is 18.6. The van der Waals surface area contributed by atoms with Gasteiger partial charge in [0.1, 0.15) is 46.6 Å². The molecule has 6 heterocycles. The number of piperazine rings is 1. The fourth-order valence-corrected chi connectivity index (χ4v) is 9.33. The van der Waals surface area contributed by atoms with Crippen molar-refractivity contribution < 1.29 is 42.1 Å². The lowest BCUT2D eigenvalue weighted by molar-refractivity contribution is 0.0636. The average Bonchev–Trinajstić information content (AvgIpc) is 3.86. The van der Waals surface area contributed by atoms with Crippen LogP contribution in [0.4, 0.5) is 33.6 Å². The number of carbonyl (C=O) groups is 2. The predicted molar refractivity (Wildman–Crippen MR) is 194 cm³/mol. The minimum absolute atomic E-state index is 0.0304. The van der Waals surface area contributed by atoms with Crippen LogP contribution in [-0.4, -0.2) is 100 Å². The van der Waals surface area contributed by atoms with E-state index in [2.05, 4.69) is 16.4 Å². The summed E-state index contributed by atoms with van der Waals surface area (Å²) in [7, 11) is 1.79. The number of benzene rings is 2. The second-order valence-corrected chi connectivity index (χ2v) is 16.3. The second kappa shape index (κ2) is 13.4. The molecule has 0 radical (unpaired) electrons. The van der Waals surface area contributed by atoms with Gasteiger partial charge in [-0.05, 0) is 70.3 Å². The van der Waals surface area contributed by atoms with E-state index in [0.29, 0.717) is 39.9 Å². The minimum atomic E-state index is -1.02. The number of halogens is 3. The lowest BCUT2D eigenvalue weighted by Crippen LogP contribution is -2.55. The summed E-state index contributed by atoms with van der Waals surface area (Å²) in [4.78, 5) is 39.4. The summed E-state index contributed by atoms with van der Waals surface area (Å²) in [6.07, 6.45) is -1.24. The summed E-state index contributed by atoms with van der Waals surface area (Å²) in [5, 5.41) is 23.4. The van der Waals surface area contributed by atoms with Crippen LogP contribution in [0, 0.1) is 23.0 Å². The maximum Gasteiger partial charge on any atom is 0.412 e. The summed E-state index contributed by atoms with van der Waals surface area (Å²) in [5.74, 6) is -1.32. The summed E-state index contributed by atoms with van der Waals surface area (Å²) in [6.45, 7) is 5.77. The van der Waals surface area contributed by atoms with Gasteiger partial charge in [0.05, 0.1) is 24.2 Å². The molecular formula is C37H38F3N7O6S. The van der Waals surface area contributed by atoms with E-state index in [1.165, 1.54) is 17.0 Å². The molecule has 2 unspecified atom stereocenters. The zero-order valence-corrected chi connectivity index (χ0v) is 30.9. The van der Waals surface area contributed by atoms with Gasteiger partial charge in [-0.25, -0.2) is 22.8 Å². The number of likely N-dealkylation sites (tertiary alicyclic amines) is 2. The molecule has 3 saturated heterocycles. The maximum absolute atomic E-state index is 17.6. The second-order valence-electron chi connectivity index (χ2n) is 15.2. The number of nitrogens with zero attached hydrogens (tertiary/aromatic N) is 6. The first-order valence-electron chi connectivity index (χ1n) is 17.7. The molecule has 13 nitrogen and oxygen atoms in total. The van der Waals surface area contributed by atoms with Crippen LogP contribution >= 0.6 is 11.3 Å². The van der Waals surface area contributed by atoms with Crippen LogP contribution in [0.25, 0.3) is 32.1 Å². The van der Waals surface area contributed by atoms with Crippen LogP contribution in [0.15, 0.2) is 12.1 Å². The van der Waals surface area contributed by atoms with Crippen LogP contribution in [0.5, 0.6) is 6.01 Å². The van der Waals surface area contributed by atoms with E-state index in [1.54, 1.807) is 27.8 Å². The average molecular weight is 766 g/mol. The van der Waals surface area contributed by atoms with Crippen LogP contribution in [0.3, 0.4) is 0 Å². The first-order chi connectivity index (χ1) is 25.7. The van der Waals surface area contributed by atoms with Crippen molar-refractivity contribution in [1.29, 1.82) is 5.26 Å². The Bertz CT molecular complexity index is 2240. The van der Waals surface area contributed by atoms with Crippen molar-refractivity contribution in [2.75, 3.05) is 43.5 Å². The highest BCUT2D eigenvalue weighted by atomic mass is 32.1. The van der Waals surface area contributed by atoms with E-state index in [-0.39, 0.29) is 103 Å². The zero-order chi connectivity index (χ0) is 38.2. The van der Waals surface area contributed by atoms with Gasteiger partial charge in [0.2, 0.25) is 0 Å². The smallest absolute Gasteiger partial charge is 0.412 e. The number of anilines is 2. The SMILES string of the molecule is CN1C[C@@H](F)C[C@H]1COc1nc(N2C3CCC2CN(C(=O)O)C3)c2c3c(c(-c4c(F)ccc5sc(NC(=O)OC(C)(C)C)c(C#N)c45)c(F)c2n1)COC3. The van der Waals surface area contributed by atoms with Gasteiger partial charge in [0.25, 0.3) is 0 Å². The van der Waals surface area contributed by atoms with E-state index < -0.39 is 35.6 Å². The number of aromatic nitrogens is 2. The molecule has 2 amide bonds. The Kier molecular flexibility index (Phi) is 8.97. The third-order valence-corrected chi connectivity index (χ3v) is 11.6. The van der Waals surface area contributed by atoms with Gasteiger partial charge in [-0.2, -0.15) is 15.2 Å². The zero-order valence-electron chi connectivity index (χ0n) is 30.0. The number of carboxylic acid groups (broad SMARTS) is 1. The van der Waals surface area contributed by atoms with Crippen molar-refractivity contribution in [3.05, 3.63) is 40.5 Å². The summed E-state index contributed by atoms with van der Waals surface area (Å²) in [6, 6.07) is 3.79. The van der Waals surface area contributed by atoms with E-state index in [0.717, 1.165) is 11.3 Å². The van der Waals surface area contributed by atoms with Gasteiger partial charge in [-0.15, -0.1) is 11.3 Å². The van der Waals surface area contributed by atoms with Crippen molar-refractivity contribution in [3.8, 4) is 23.2 Å². The minimum Gasteiger partial charge on any atom is -0.465 e. The van der Waals surface area contributed by atoms with Crippen molar-refractivity contribution >= 4 is 55.3 Å². The molecule has 3 fully saturated rings. The number of hydrogen-bond acceptors (Lipinski definition) is 11. The monoisotopic (exact) mass is 765 g/mol. The van der Waals surface area contributed by atoms with Gasteiger partial charge in [0.15, 0.2) is 5.82 Å². The van der Waals surface area contributed by atoms with Crippen molar-refractivity contribution in [3.63, 3.8) is 0 Å². The van der Waals surface area contributed by atoms with Crippen molar-refractivity contribution in [2.24, 2.45) is 0 Å². The number of nitriles is 1. The Morgan fingerprint density at radius 1 is 1.09 bits per heavy atom. The van der Waals surface area contributed by atoms with Crippen LogP contribution in [0.1, 0.15) is 56.7 Å². The van der Waals surface area contributed by atoms with E-state index in [1.807, 2.05) is 9.80 Å². The highest BCUT2D eigenvalue weighted by Crippen LogP contribution is 2.49. The predicted octanol–water partition coefficient (Wildman–Crippen LogP) is 6.79. The molecule has 0 saturated carbocycles. The summed E-state index contributed by atoms with van der Waals surface area (Å²) < 4.78 is 66.0. The van der Waals surface area contributed by atoms with Gasteiger partial charge >= 0.3 is 18.2 Å². The molecule has 2 aromatic heterocycles. The number of ether oxygens (including phenoxy) is 3. The molecule has 284 valence electrons. The Labute approximate surface area is 312 Å². The molecule has 17 heteroatoms. The number of nitrogens with one attached hydrogen (secondary N) is 1. The van der Waals surface area contributed by atoms with Crippen LogP contribution < -0.4 is 15.0 Å². The Balaban J connectivity index is 1.32. The number of amides is 2. The number of carbonyl (C=O) groups excluding carboxylic acids is 1. The molecule has 2 N–H and O–H groups in total. The van der Waals surface area contributed by atoms with Crippen LogP contribution in [-0.2, 0) is 22.7 Å². The quantitative estimate of drug-likeness (QED) is 0.213. The number of likely N-dealkylation sites (N-methyl/N-ethyl adjacent to an activating group) is 1. The van der Waals surface area contributed by atoms with Crippen LogP contribution in [0.2, 0.25) is 0 Å². The van der Waals surface area contributed by atoms with Gasteiger partial charge in [-0.3, -0.25) is 10.2 Å². The molecule has 4 aliphatic heterocycles. The van der Waals surface area contributed by atoms with Gasteiger partial charge in [0, 0.05) is 59.0 Å². The lowest BCUT2D eigenvalue weighted by atomic mass is 9.90. The standard InChI is InChI=1S/C37H38F3N7O6S/c1-37(2,3)53-35(48)44-33-21(10-41)26-25(54-33)8-7-24(39)29(26)27-22-15-51-16-23(22)28-31(30(27)40)42-34(52-14-20-9-17(38)11-45(20)4)43-32(28)47-18-5-6-19(47)13-46(12-18)36(49)50/h7-8,17-20H,5-6,9,11-16H2,1-4H3,(H,44,48)(H,49,50)/t17-,18?,19?,20-/m0/s1. The Hall–Kier alpha value is -4.92. The molecule has 0 aliphatic carbocycles. The molecular weight excluding hydrogens is 728 g/mol. The lowest BCUT2D eigenvalue weighted by Gasteiger charge is -2.41. The van der Waals surface area contributed by atoms with E-state index in [4.69, 9.17) is 19.2 Å². The maximum atomic E-state index is 17.6. The Morgan fingerprint density at radius 2 is 1.81 bits per heavy atom. The topological polar surface area (TPSA) is 153 Å². The normalized spacial score (nSPS) is 22.6. The Morgan fingerprint density at radius 3 is 2.46 bits per heavy atom. The molecule has 8 rings (SSSR count). The molecule has 4 aliphatic rings. The highest BCUT2D eigenvalue weighted by Gasteiger charge is 2.44. The van der Waals surface area contributed by atoms with Crippen molar-refractivity contribution in [1.82, 2.24) is 19.8 Å². The van der Waals surface area contributed by atoms with E-state index in [9.17, 15) is 24.3 Å². The number of thiophene rings is 1. The first kappa shape index (κ1) is 36.1. The molecule has 0 spiro atoms. The number of rotatable bonds is 6. The molecule has 4 aromatic rings. The summed E-state index contributed by atoms with van der Waals surface area (Å²) >= 11 is 1.03. The van der Waals surface area contributed by atoms with Gasteiger partial charge < -0.3 is 29.1 Å². The fourth-order valence-electron chi connectivity index (χ4n) is 8.29. The third kappa shape index (κ3) is 6.19. The molecule has 54 heavy (non-hydrogen) atoms. The van der Waals surface area contributed by atoms with E-state index >= 15 is 8.78 Å². The highest BCUT2D eigenvalue weighted by molar-refractivity contribution is 7.23. The molecule has 2 bridgehead atoms. The number of alkyl halides is 1. The fraction of sp³-hybridized carbons (Fsp3) is 0.486.